The second-order valence-corrected chi connectivity index (χ2v) is 5.08. The quantitative estimate of drug-likeness (QED) is 0.849. The van der Waals surface area contributed by atoms with Crippen LogP contribution >= 0.6 is 34.2 Å². The molecule has 0 saturated carbocycles. The number of hydrogen-bond donors (Lipinski definition) is 1. The van der Waals surface area contributed by atoms with Gasteiger partial charge in [-0.3, -0.25) is 0 Å². The normalized spacial score (nSPS) is 10.8. The van der Waals surface area contributed by atoms with Crippen LogP contribution in [0.4, 0.5) is 0 Å². The Morgan fingerprint density at radius 1 is 1.41 bits per heavy atom. The molecule has 0 saturated heterocycles. The molecular formula is C11H11ClIN3O. The van der Waals surface area contributed by atoms with Crippen LogP contribution in [0.15, 0.2) is 22.6 Å². The minimum atomic E-state index is 0.517. The van der Waals surface area contributed by atoms with E-state index in [2.05, 4.69) is 38.1 Å². The zero-order valence-corrected chi connectivity index (χ0v) is 12.1. The van der Waals surface area contributed by atoms with E-state index in [1.807, 2.05) is 25.2 Å². The summed E-state index contributed by atoms with van der Waals surface area (Å²) in [6.07, 6.45) is 0.723. The average molecular weight is 364 g/mol. The van der Waals surface area contributed by atoms with Gasteiger partial charge in [0.25, 0.3) is 0 Å². The molecule has 0 fully saturated rings. The highest BCUT2D eigenvalue weighted by Crippen LogP contribution is 2.27. The van der Waals surface area contributed by atoms with Gasteiger partial charge in [-0.25, -0.2) is 0 Å². The standard InChI is InChI=1S/C11H11ClIN3O/c1-14-5-4-10-15-16-11(17-10)8-6-7(12)2-3-9(8)13/h2-3,6,14H,4-5H2,1H3. The molecule has 90 valence electrons. The lowest BCUT2D eigenvalue weighted by molar-refractivity contribution is 0.500. The van der Waals surface area contributed by atoms with Crippen molar-refractivity contribution in [3.8, 4) is 11.5 Å². The predicted octanol–water partition coefficient (Wildman–Crippen LogP) is 2.76. The van der Waals surface area contributed by atoms with Gasteiger partial charge in [-0.15, -0.1) is 10.2 Å². The van der Waals surface area contributed by atoms with Gasteiger partial charge in [-0.05, 0) is 47.8 Å². The van der Waals surface area contributed by atoms with Gasteiger partial charge in [-0.2, -0.15) is 0 Å². The first kappa shape index (κ1) is 12.8. The highest BCUT2D eigenvalue weighted by molar-refractivity contribution is 14.1. The fourth-order valence-electron chi connectivity index (χ4n) is 1.36. The highest BCUT2D eigenvalue weighted by atomic mass is 127. The molecule has 0 atom stereocenters. The molecule has 1 heterocycles. The summed E-state index contributed by atoms with van der Waals surface area (Å²) in [4.78, 5) is 0. The third-order valence-corrected chi connectivity index (χ3v) is 3.39. The largest absolute Gasteiger partial charge is 0.421 e. The number of benzene rings is 1. The average Bonchev–Trinajstić information content (AvgIpc) is 2.78. The maximum absolute atomic E-state index is 5.95. The van der Waals surface area contributed by atoms with Crippen LogP contribution in [0.25, 0.3) is 11.5 Å². The van der Waals surface area contributed by atoms with Gasteiger partial charge in [0.05, 0.1) is 5.56 Å². The summed E-state index contributed by atoms with van der Waals surface area (Å²) in [6, 6.07) is 5.60. The topological polar surface area (TPSA) is 51.0 Å². The van der Waals surface area contributed by atoms with Crippen LogP contribution in [0.2, 0.25) is 5.02 Å². The maximum Gasteiger partial charge on any atom is 0.248 e. The molecule has 0 aliphatic heterocycles. The van der Waals surface area contributed by atoms with Crippen LogP contribution in [0.3, 0.4) is 0 Å². The van der Waals surface area contributed by atoms with E-state index in [0.29, 0.717) is 16.8 Å². The van der Waals surface area contributed by atoms with Crippen molar-refractivity contribution in [3.63, 3.8) is 0 Å². The molecule has 17 heavy (non-hydrogen) atoms. The Labute approximate surface area is 118 Å². The molecule has 1 N–H and O–H groups in total. The van der Waals surface area contributed by atoms with Crippen LogP contribution < -0.4 is 5.32 Å². The van der Waals surface area contributed by atoms with Gasteiger partial charge < -0.3 is 9.73 Å². The highest BCUT2D eigenvalue weighted by Gasteiger charge is 2.11. The number of nitrogens with zero attached hydrogens (tertiary/aromatic N) is 2. The minimum Gasteiger partial charge on any atom is -0.421 e. The first-order valence-electron chi connectivity index (χ1n) is 5.13. The molecule has 6 heteroatoms. The zero-order valence-electron chi connectivity index (χ0n) is 9.20. The smallest absolute Gasteiger partial charge is 0.248 e. The van der Waals surface area contributed by atoms with E-state index in [1.165, 1.54) is 0 Å². The van der Waals surface area contributed by atoms with E-state index in [0.717, 1.165) is 22.1 Å². The van der Waals surface area contributed by atoms with Crippen molar-refractivity contribution in [2.75, 3.05) is 13.6 Å². The molecule has 0 aliphatic carbocycles. The number of nitrogens with one attached hydrogen (secondary N) is 1. The molecule has 0 spiro atoms. The SMILES string of the molecule is CNCCc1nnc(-c2cc(Cl)ccc2I)o1. The van der Waals surface area contributed by atoms with Gasteiger partial charge in [0, 0.05) is 21.6 Å². The molecule has 2 aromatic rings. The molecule has 1 aromatic carbocycles. The fraction of sp³-hybridized carbons (Fsp3) is 0.273. The summed E-state index contributed by atoms with van der Waals surface area (Å²) in [7, 11) is 1.89. The van der Waals surface area contributed by atoms with Gasteiger partial charge >= 0.3 is 0 Å². The van der Waals surface area contributed by atoms with Crippen LogP contribution in [0.1, 0.15) is 5.89 Å². The number of likely N-dealkylation sites (N-methyl/N-ethyl adjacent to an activating group) is 1. The second kappa shape index (κ2) is 5.79. The van der Waals surface area contributed by atoms with Crippen LogP contribution in [-0.4, -0.2) is 23.8 Å². The third kappa shape index (κ3) is 3.17. The number of hydrogen-bond acceptors (Lipinski definition) is 4. The van der Waals surface area contributed by atoms with Gasteiger partial charge in [0.15, 0.2) is 0 Å². The minimum absolute atomic E-state index is 0.517. The predicted molar refractivity (Wildman–Crippen MR) is 75.1 cm³/mol. The van der Waals surface area contributed by atoms with Crippen LogP contribution in [0.5, 0.6) is 0 Å². The molecule has 1 aromatic heterocycles. The lowest BCUT2D eigenvalue weighted by Gasteiger charge is -1.99. The molecule has 2 rings (SSSR count). The summed E-state index contributed by atoms with van der Waals surface area (Å²) >= 11 is 8.17. The van der Waals surface area contributed by atoms with Crippen molar-refractivity contribution in [2.24, 2.45) is 0 Å². The van der Waals surface area contributed by atoms with E-state index in [4.69, 9.17) is 16.0 Å². The molecule has 0 unspecified atom stereocenters. The van der Waals surface area contributed by atoms with Gasteiger partial charge in [-0.1, -0.05) is 11.6 Å². The van der Waals surface area contributed by atoms with Gasteiger partial charge in [0.2, 0.25) is 11.8 Å². The van der Waals surface area contributed by atoms with Crippen molar-refractivity contribution in [2.45, 2.75) is 6.42 Å². The van der Waals surface area contributed by atoms with Gasteiger partial charge in [0.1, 0.15) is 0 Å². The third-order valence-electron chi connectivity index (χ3n) is 2.21. The van der Waals surface area contributed by atoms with E-state index < -0.39 is 0 Å². The fourth-order valence-corrected chi connectivity index (χ4v) is 2.10. The van der Waals surface area contributed by atoms with E-state index in [-0.39, 0.29) is 0 Å². The Morgan fingerprint density at radius 2 is 2.24 bits per heavy atom. The van der Waals surface area contributed by atoms with E-state index >= 15 is 0 Å². The first-order chi connectivity index (χ1) is 8.20. The summed E-state index contributed by atoms with van der Waals surface area (Å²) in [5.74, 6) is 1.15. The molecule has 0 aliphatic rings. The van der Waals surface area contributed by atoms with Crippen LogP contribution in [0, 0.1) is 3.57 Å². The number of rotatable bonds is 4. The Bertz CT molecular complexity index is 515. The lowest BCUT2D eigenvalue weighted by atomic mass is 10.2. The van der Waals surface area contributed by atoms with Crippen molar-refractivity contribution >= 4 is 34.2 Å². The monoisotopic (exact) mass is 363 g/mol. The van der Waals surface area contributed by atoms with Crippen molar-refractivity contribution in [1.29, 1.82) is 0 Å². The Hall–Kier alpha value is -0.660. The summed E-state index contributed by atoms with van der Waals surface area (Å²) < 4.78 is 6.62. The first-order valence-corrected chi connectivity index (χ1v) is 6.59. The Balaban J connectivity index is 2.27. The van der Waals surface area contributed by atoms with Crippen molar-refractivity contribution < 1.29 is 4.42 Å². The summed E-state index contributed by atoms with van der Waals surface area (Å²) in [5, 5.41) is 11.7. The molecular weight excluding hydrogens is 352 g/mol. The van der Waals surface area contributed by atoms with Crippen LogP contribution in [-0.2, 0) is 6.42 Å². The molecule has 0 bridgehead atoms. The molecule has 0 radical (unpaired) electrons. The van der Waals surface area contributed by atoms with Crippen molar-refractivity contribution in [3.05, 3.63) is 32.7 Å². The number of aromatic nitrogens is 2. The van der Waals surface area contributed by atoms with Crippen molar-refractivity contribution in [1.82, 2.24) is 15.5 Å². The summed E-state index contributed by atoms with van der Waals surface area (Å²) in [6.45, 7) is 0.814. The van der Waals surface area contributed by atoms with E-state index in [9.17, 15) is 0 Å². The lowest BCUT2D eigenvalue weighted by Crippen LogP contribution is -2.10. The second-order valence-electron chi connectivity index (χ2n) is 3.48. The molecule has 0 amide bonds. The maximum atomic E-state index is 5.95. The zero-order chi connectivity index (χ0) is 12.3. The number of halogens is 2. The Kier molecular flexibility index (Phi) is 4.36. The summed E-state index contributed by atoms with van der Waals surface area (Å²) in [5.41, 5.74) is 0.876. The Morgan fingerprint density at radius 3 is 3.00 bits per heavy atom. The molecule has 4 nitrogen and oxygen atoms in total. The van der Waals surface area contributed by atoms with E-state index in [1.54, 1.807) is 0 Å².